The van der Waals surface area contributed by atoms with Crippen LogP contribution in [0.3, 0.4) is 0 Å². The SMILES string of the molecule is CN1CCN(c2ccc(C(=O)O)cc2N)CC1(C)C. The molecule has 1 aliphatic heterocycles. The second-order valence-corrected chi connectivity index (χ2v) is 5.73. The highest BCUT2D eigenvalue weighted by Crippen LogP contribution is 2.29. The van der Waals surface area contributed by atoms with E-state index in [1.165, 1.54) is 6.07 Å². The van der Waals surface area contributed by atoms with Gasteiger partial charge in [-0.1, -0.05) is 0 Å². The van der Waals surface area contributed by atoms with Crippen molar-refractivity contribution in [1.29, 1.82) is 0 Å². The van der Waals surface area contributed by atoms with E-state index in [9.17, 15) is 4.79 Å². The third-order valence-corrected chi connectivity index (χ3v) is 3.93. The van der Waals surface area contributed by atoms with E-state index in [2.05, 4.69) is 30.7 Å². The number of carbonyl (C=O) groups is 1. The molecule has 1 heterocycles. The van der Waals surface area contributed by atoms with Crippen LogP contribution in [-0.2, 0) is 0 Å². The van der Waals surface area contributed by atoms with Gasteiger partial charge in [0.15, 0.2) is 0 Å². The summed E-state index contributed by atoms with van der Waals surface area (Å²) in [7, 11) is 2.12. The van der Waals surface area contributed by atoms with Crippen molar-refractivity contribution in [2.24, 2.45) is 0 Å². The first kappa shape index (κ1) is 13.7. The van der Waals surface area contributed by atoms with Crippen LogP contribution in [0.1, 0.15) is 24.2 Å². The van der Waals surface area contributed by atoms with Gasteiger partial charge in [0.1, 0.15) is 0 Å². The topological polar surface area (TPSA) is 69.8 Å². The summed E-state index contributed by atoms with van der Waals surface area (Å²) in [5.74, 6) is -0.947. The molecule has 0 amide bonds. The molecule has 0 spiro atoms. The molecule has 5 nitrogen and oxygen atoms in total. The van der Waals surface area contributed by atoms with Gasteiger partial charge in [0, 0.05) is 25.2 Å². The van der Waals surface area contributed by atoms with E-state index in [0.717, 1.165) is 25.3 Å². The Kier molecular flexibility index (Phi) is 3.41. The van der Waals surface area contributed by atoms with Crippen LogP contribution < -0.4 is 10.6 Å². The lowest BCUT2D eigenvalue weighted by Crippen LogP contribution is -2.57. The highest BCUT2D eigenvalue weighted by molar-refractivity contribution is 5.90. The summed E-state index contributed by atoms with van der Waals surface area (Å²) >= 11 is 0. The van der Waals surface area contributed by atoms with Crippen molar-refractivity contribution in [1.82, 2.24) is 4.90 Å². The molecule has 2 rings (SSSR count). The van der Waals surface area contributed by atoms with E-state index in [1.807, 2.05) is 0 Å². The van der Waals surface area contributed by atoms with Gasteiger partial charge < -0.3 is 15.7 Å². The Morgan fingerprint density at radius 3 is 2.58 bits per heavy atom. The molecule has 104 valence electrons. The molecule has 0 radical (unpaired) electrons. The van der Waals surface area contributed by atoms with E-state index in [4.69, 9.17) is 10.8 Å². The second-order valence-electron chi connectivity index (χ2n) is 5.73. The average Bonchev–Trinajstić information content (AvgIpc) is 2.32. The summed E-state index contributed by atoms with van der Waals surface area (Å²) in [4.78, 5) is 15.5. The Labute approximate surface area is 113 Å². The molecule has 0 unspecified atom stereocenters. The number of hydrogen-bond donors (Lipinski definition) is 2. The Morgan fingerprint density at radius 1 is 1.37 bits per heavy atom. The number of aromatic carboxylic acids is 1. The highest BCUT2D eigenvalue weighted by atomic mass is 16.4. The predicted octanol–water partition coefficient (Wildman–Crippen LogP) is 1.50. The van der Waals surface area contributed by atoms with Crippen molar-refractivity contribution in [2.75, 3.05) is 37.3 Å². The number of nitrogens with zero attached hydrogens (tertiary/aromatic N) is 2. The molecule has 1 saturated heterocycles. The zero-order chi connectivity index (χ0) is 14.2. The number of piperazine rings is 1. The number of hydrogen-bond acceptors (Lipinski definition) is 4. The van der Waals surface area contributed by atoms with Crippen LogP contribution >= 0.6 is 0 Å². The summed E-state index contributed by atoms with van der Waals surface area (Å²) in [6.07, 6.45) is 0. The fraction of sp³-hybridized carbons (Fsp3) is 0.500. The maximum absolute atomic E-state index is 10.9. The Morgan fingerprint density at radius 2 is 2.05 bits per heavy atom. The maximum atomic E-state index is 10.9. The standard InChI is InChI=1S/C14H21N3O2/c1-14(2)9-17(7-6-16(14)3)12-5-4-10(13(18)19)8-11(12)15/h4-5,8H,6-7,9,15H2,1-3H3,(H,18,19). The smallest absolute Gasteiger partial charge is 0.335 e. The van der Waals surface area contributed by atoms with E-state index >= 15 is 0 Å². The molecule has 0 saturated carbocycles. The minimum absolute atomic E-state index is 0.0795. The normalized spacial score (nSPS) is 19.4. The fourth-order valence-corrected chi connectivity index (χ4v) is 2.42. The van der Waals surface area contributed by atoms with Gasteiger partial charge in [0.25, 0.3) is 0 Å². The predicted molar refractivity (Wildman–Crippen MR) is 76.7 cm³/mol. The largest absolute Gasteiger partial charge is 0.478 e. The van der Waals surface area contributed by atoms with Crippen LogP contribution in [0, 0.1) is 0 Å². The van der Waals surface area contributed by atoms with Gasteiger partial charge in [-0.05, 0) is 39.1 Å². The lowest BCUT2D eigenvalue weighted by Gasteiger charge is -2.46. The van der Waals surface area contributed by atoms with Gasteiger partial charge in [-0.3, -0.25) is 4.90 Å². The third kappa shape index (κ3) is 2.66. The number of nitrogen functional groups attached to an aromatic ring is 1. The monoisotopic (exact) mass is 263 g/mol. The van der Waals surface area contributed by atoms with Crippen LogP contribution in [0.15, 0.2) is 18.2 Å². The van der Waals surface area contributed by atoms with Gasteiger partial charge in [0.05, 0.1) is 16.9 Å². The highest BCUT2D eigenvalue weighted by Gasteiger charge is 2.31. The summed E-state index contributed by atoms with van der Waals surface area (Å²) < 4.78 is 0. The number of carboxylic acid groups (broad SMARTS) is 1. The van der Waals surface area contributed by atoms with Crippen molar-refractivity contribution in [2.45, 2.75) is 19.4 Å². The van der Waals surface area contributed by atoms with Gasteiger partial charge in [0.2, 0.25) is 0 Å². The minimum atomic E-state index is -0.947. The molecule has 0 atom stereocenters. The number of carboxylic acids is 1. The van der Waals surface area contributed by atoms with Gasteiger partial charge >= 0.3 is 5.97 Å². The molecule has 5 heteroatoms. The first-order valence-corrected chi connectivity index (χ1v) is 6.40. The average molecular weight is 263 g/mol. The molecule has 1 aromatic carbocycles. The Hall–Kier alpha value is -1.75. The van der Waals surface area contributed by atoms with Crippen molar-refractivity contribution in [3.8, 4) is 0 Å². The van der Waals surface area contributed by atoms with Crippen LogP contribution in [0.5, 0.6) is 0 Å². The van der Waals surface area contributed by atoms with Crippen LogP contribution in [-0.4, -0.2) is 48.2 Å². The Bertz CT molecular complexity index is 499. The second kappa shape index (κ2) is 4.74. The third-order valence-electron chi connectivity index (χ3n) is 3.93. The number of benzene rings is 1. The molecule has 0 bridgehead atoms. The molecular formula is C14H21N3O2. The van der Waals surface area contributed by atoms with E-state index in [-0.39, 0.29) is 11.1 Å². The van der Waals surface area contributed by atoms with Crippen molar-refractivity contribution in [3.63, 3.8) is 0 Å². The summed E-state index contributed by atoms with van der Waals surface area (Å²) in [5, 5.41) is 8.95. The number of rotatable bonds is 2. The molecule has 0 aromatic heterocycles. The van der Waals surface area contributed by atoms with E-state index < -0.39 is 5.97 Å². The molecule has 1 aliphatic rings. The zero-order valence-corrected chi connectivity index (χ0v) is 11.7. The lowest BCUT2D eigenvalue weighted by molar-refractivity contribution is 0.0697. The number of nitrogens with two attached hydrogens (primary N) is 1. The van der Waals surface area contributed by atoms with E-state index in [1.54, 1.807) is 12.1 Å². The van der Waals surface area contributed by atoms with Gasteiger partial charge in [-0.15, -0.1) is 0 Å². The minimum Gasteiger partial charge on any atom is -0.478 e. The Balaban J connectivity index is 2.26. The van der Waals surface area contributed by atoms with Crippen LogP contribution in [0.2, 0.25) is 0 Å². The molecule has 19 heavy (non-hydrogen) atoms. The van der Waals surface area contributed by atoms with Gasteiger partial charge in [-0.25, -0.2) is 4.79 Å². The summed E-state index contributed by atoms with van der Waals surface area (Å²) in [6, 6.07) is 4.95. The maximum Gasteiger partial charge on any atom is 0.335 e. The molecular weight excluding hydrogens is 242 g/mol. The molecule has 1 fully saturated rings. The summed E-state index contributed by atoms with van der Waals surface area (Å²) in [5.41, 5.74) is 7.76. The molecule has 1 aromatic rings. The van der Waals surface area contributed by atoms with Crippen LogP contribution in [0.25, 0.3) is 0 Å². The first-order chi connectivity index (χ1) is 8.81. The van der Waals surface area contributed by atoms with Crippen LogP contribution in [0.4, 0.5) is 11.4 Å². The molecule has 0 aliphatic carbocycles. The van der Waals surface area contributed by atoms with E-state index in [0.29, 0.717) is 5.69 Å². The zero-order valence-electron chi connectivity index (χ0n) is 11.7. The number of likely N-dealkylation sites (N-methyl/N-ethyl adjacent to an activating group) is 1. The van der Waals surface area contributed by atoms with Crippen molar-refractivity contribution < 1.29 is 9.90 Å². The van der Waals surface area contributed by atoms with Crippen molar-refractivity contribution in [3.05, 3.63) is 23.8 Å². The lowest BCUT2D eigenvalue weighted by atomic mass is 9.99. The quantitative estimate of drug-likeness (QED) is 0.791. The first-order valence-electron chi connectivity index (χ1n) is 6.40. The van der Waals surface area contributed by atoms with Gasteiger partial charge in [-0.2, -0.15) is 0 Å². The molecule has 3 N–H and O–H groups in total. The summed E-state index contributed by atoms with van der Waals surface area (Å²) in [6.45, 7) is 7.13. The number of anilines is 2. The van der Waals surface area contributed by atoms with Crippen molar-refractivity contribution >= 4 is 17.3 Å². The fourth-order valence-electron chi connectivity index (χ4n) is 2.42.